The first-order chi connectivity index (χ1) is 8.99. The highest BCUT2D eigenvalue weighted by Crippen LogP contribution is 2.23. The molecule has 1 N–H and O–H groups in total. The Labute approximate surface area is 115 Å². The van der Waals surface area contributed by atoms with Crippen LogP contribution in [0.4, 0.5) is 0 Å². The minimum atomic E-state index is 0.108. The molecule has 2 nitrogen and oxygen atoms in total. The van der Waals surface area contributed by atoms with Gasteiger partial charge in [-0.15, -0.1) is 0 Å². The molecule has 19 heavy (non-hydrogen) atoms. The van der Waals surface area contributed by atoms with Crippen molar-refractivity contribution in [2.45, 2.75) is 39.2 Å². The molecule has 2 aromatic rings. The van der Waals surface area contributed by atoms with Gasteiger partial charge in [-0.3, -0.25) is 0 Å². The van der Waals surface area contributed by atoms with Crippen LogP contribution in [0.15, 0.2) is 46.9 Å². The summed E-state index contributed by atoms with van der Waals surface area (Å²) >= 11 is 0. The standard InChI is InChI=1S/C17H23NO/c1-13-10-11-16(19-13)14(2)18-12-17(3,4)15-8-6-5-7-9-15/h5-11,14,18H,12H2,1-4H3. The Hall–Kier alpha value is -1.54. The van der Waals surface area contributed by atoms with Crippen LogP contribution in [0.1, 0.15) is 43.9 Å². The summed E-state index contributed by atoms with van der Waals surface area (Å²) < 4.78 is 5.65. The number of nitrogens with one attached hydrogen (secondary N) is 1. The summed E-state index contributed by atoms with van der Waals surface area (Å²) in [4.78, 5) is 0. The van der Waals surface area contributed by atoms with E-state index in [9.17, 15) is 0 Å². The summed E-state index contributed by atoms with van der Waals surface area (Å²) in [6, 6.07) is 14.9. The van der Waals surface area contributed by atoms with E-state index < -0.39 is 0 Å². The normalized spacial score (nSPS) is 13.5. The van der Waals surface area contributed by atoms with Crippen LogP contribution in [-0.2, 0) is 5.41 Å². The third kappa shape index (κ3) is 3.48. The van der Waals surface area contributed by atoms with Crippen molar-refractivity contribution in [3.05, 3.63) is 59.5 Å². The van der Waals surface area contributed by atoms with E-state index in [-0.39, 0.29) is 11.5 Å². The molecule has 0 spiro atoms. The van der Waals surface area contributed by atoms with Gasteiger partial charge in [0.05, 0.1) is 6.04 Å². The molecule has 1 aromatic heterocycles. The zero-order chi connectivity index (χ0) is 13.9. The summed E-state index contributed by atoms with van der Waals surface area (Å²) in [6.45, 7) is 9.55. The molecule has 1 aromatic carbocycles. The molecule has 0 aliphatic heterocycles. The zero-order valence-corrected chi connectivity index (χ0v) is 12.2. The Morgan fingerprint density at radius 3 is 2.37 bits per heavy atom. The molecule has 0 radical (unpaired) electrons. The van der Waals surface area contributed by atoms with Gasteiger partial charge in [0.15, 0.2) is 0 Å². The lowest BCUT2D eigenvalue weighted by atomic mass is 9.84. The van der Waals surface area contributed by atoms with Gasteiger partial charge in [-0.05, 0) is 31.5 Å². The minimum Gasteiger partial charge on any atom is -0.465 e. The molecule has 0 aliphatic carbocycles. The molecule has 0 bridgehead atoms. The molecular formula is C17H23NO. The monoisotopic (exact) mass is 257 g/mol. The largest absolute Gasteiger partial charge is 0.465 e. The van der Waals surface area contributed by atoms with E-state index in [0.29, 0.717) is 0 Å². The van der Waals surface area contributed by atoms with Crippen LogP contribution in [-0.4, -0.2) is 6.54 Å². The fraction of sp³-hybridized carbons (Fsp3) is 0.412. The van der Waals surface area contributed by atoms with Gasteiger partial charge in [0.2, 0.25) is 0 Å². The summed E-state index contributed by atoms with van der Waals surface area (Å²) in [5, 5.41) is 3.56. The molecule has 1 heterocycles. The molecule has 1 unspecified atom stereocenters. The van der Waals surface area contributed by atoms with Crippen LogP contribution in [0.25, 0.3) is 0 Å². The molecule has 2 rings (SSSR count). The van der Waals surface area contributed by atoms with Crippen LogP contribution in [0.2, 0.25) is 0 Å². The molecular weight excluding hydrogens is 234 g/mol. The highest BCUT2D eigenvalue weighted by molar-refractivity contribution is 5.24. The summed E-state index contributed by atoms with van der Waals surface area (Å²) in [5.41, 5.74) is 1.46. The Morgan fingerprint density at radius 2 is 1.79 bits per heavy atom. The lowest BCUT2D eigenvalue weighted by Crippen LogP contribution is -2.34. The number of hydrogen-bond acceptors (Lipinski definition) is 2. The van der Waals surface area contributed by atoms with Crippen LogP contribution in [0.3, 0.4) is 0 Å². The fourth-order valence-electron chi connectivity index (χ4n) is 2.19. The minimum absolute atomic E-state index is 0.108. The van der Waals surface area contributed by atoms with Crippen molar-refractivity contribution in [1.82, 2.24) is 5.32 Å². The first-order valence-electron chi connectivity index (χ1n) is 6.84. The van der Waals surface area contributed by atoms with E-state index >= 15 is 0 Å². The fourth-order valence-corrected chi connectivity index (χ4v) is 2.19. The zero-order valence-electron chi connectivity index (χ0n) is 12.2. The molecule has 102 valence electrons. The van der Waals surface area contributed by atoms with E-state index in [4.69, 9.17) is 4.42 Å². The average molecular weight is 257 g/mol. The Kier molecular flexibility index (Phi) is 4.11. The molecule has 0 aliphatic rings. The molecule has 1 atom stereocenters. The second-order valence-corrected chi connectivity index (χ2v) is 5.80. The smallest absolute Gasteiger partial charge is 0.120 e. The van der Waals surface area contributed by atoms with Crippen LogP contribution < -0.4 is 5.32 Å². The van der Waals surface area contributed by atoms with Crippen molar-refractivity contribution in [2.75, 3.05) is 6.54 Å². The maximum Gasteiger partial charge on any atom is 0.120 e. The van der Waals surface area contributed by atoms with Crippen molar-refractivity contribution >= 4 is 0 Å². The van der Waals surface area contributed by atoms with Gasteiger partial charge in [0.1, 0.15) is 11.5 Å². The highest BCUT2D eigenvalue weighted by Gasteiger charge is 2.21. The van der Waals surface area contributed by atoms with Gasteiger partial charge in [-0.2, -0.15) is 0 Å². The summed E-state index contributed by atoms with van der Waals surface area (Å²) in [5.74, 6) is 1.97. The van der Waals surface area contributed by atoms with Gasteiger partial charge in [0, 0.05) is 12.0 Å². The van der Waals surface area contributed by atoms with Crippen molar-refractivity contribution in [3.63, 3.8) is 0 Å². The molecule has 0 amide bonds. The van der Waals surface area contributed by atoms with Gasteiger partial charge in [-0.1, -0.05) is 44.2 Å². The summed E-state index contributed by atoms with van der Waals surface area (Å²) in [6.07, 6.45) is 0. The second-order valence-electron chi connectivity index (χ2n) is 5.80. The lowest BCUT2D eigenvalue weighted by Gasteiger charge is -2.27. The Morgan fingerprint density at radius 1 is 1.11 bits per heavy atom. The maximum atomic E-state index is 5.65. The van der Waals surface area contributed by atoms with Gasteiger partial charge < -0.3 is 9.73 Å². The molecule has 0 saturated heterocycles. The number of rotatable bonds is 5. The van der Waals surface area contributed by atoms with Crippen molar-refractivity contribution in [1.29, 1.82) is 0 Å². The Bertz CT molecular complexity index is 513. The maximum absolute atomic E-state index is 5.65. The number of aryl methyl sites for hydroxylation is 1. The molecule has 0 fully saturated rings. The van der Waals surface area contributed by atoms with Crippen LogP contribution in [0.5, 0.6) is 0 Å². The van der Waals surface area contributed by atoms with E-state index in [2.05, 4.69) is 56.4 Å². The molecule has 2 heteroatoms. The topological polar surface area (TPSA) is 25.2 Å². The predicted octanol–water partition coefficient (Wildman–Crippen LogP) is 4.22. The van der Waals surface area contributed by atoms with Gasteiger partial charge in [-0.25, -0.2) is 0 Å². The third-order valence-electron chi connectivity index (χ3n) is 3.59. The van der Waals surface area contributed by atoms with E-state index in [1.807, 2.05) is 19.1 Å². The summed E-state index contributed by atoms with van der Waals surface area (Å²) in [7, 11) is 0. The van der Waals surface area contributed by atoms with Crippen molar-refractivity contribution < 1.29 is 4.42 Å². The van der Waals surface area contributed by atoms with E-state index in [0.717, 1.165) is 18.1 Å². The van der Waals surface area contributed by atoms with Crippen molar-refractivity contribution in [2.24, 2.45) is 0 Å². The van der Waals surface area contributed by atoms with Crippen molar-refractivity contribution in [3.8, 4) is 0 Å². The predicted molar refractivity (Wildman–Crippen MR) is 79.3 cm³/mol. The van der Waals surface area contributed by atoms with E-state index in [1.165, 1.54) is 5.56 Å². The van der Waals surface area contributed by atoms with Crippen LogP contribution >= 0.6 is 0 Å². The van der Waals surface area contributed by atoms with Crippen LogP contribution in [0, 0.1) is 6.92 Å². The lowest BCUT2D eigenvalue weighted by molar-refractivity contribution is 0.380. The first kappa shape index (κ1) is 13.9. The van der Waals surface area contributed by atoms with E-state index in [1.54, 1.807) is 0 Å². The first-order valence-corrected chi connectivity index (χ1v) is 6.84. The average Bonchev–Trinajstić information content (AvgIpc) is 2.84. The van der Waals surface area contributed by atoms with Gasteiger partial charge >= 0.3 is 0 Å². The quantitative estimate of drug-likeness (QED) is 0.867. The third-order valence-corrected chi connectivity index (χ3v) is 3.59. The second kappa shape index (κ2) is 5.62. The number of furan rings is 1. The molecule has 0 saturated carbocycles. The number of benzene rings is 1. The highest BCUT2D eigenvalue weighted by atomic mass is 16.3. The Balaban J connectivity index is 1.98. The van der Waals surface area contributed by atoms with Gasteiger partial charge in [0.25, 0.3) is 0 Å². The number of hydrogen-bond donors (Lipinski definition) is 1. The SMILES string of the molecule is Cc1ccc(C(C)NCC(C)(C)c2ccccc2)o1.